The molecule has 0 radical (unpaired) electrons. The summed E-state index contributed by atoms with van der Waals surface area (Å²) >= 11 is 1.34. The minimum absolute atomic E-state index is 0.0544. The number of aliphatic hydroxyl groups excluding tert-OH is 1. The van der Waals surface area contributed by atoms with Gasteiger partial charge in [0.05, 0.1) is 11.3 Å². The largest absolute Gasteiger partial charge is 0.396 e. The Labute approximate surface area is 109 Å². The fourth-order valence-electron chi connectivity index (χ4n) is 1.46. The second-order valence-corrected chi connectivity index (χ2v) is 4.62. The molecule has 18 heavy (non-hydrogen) atoms. The molecule has 5 nitrogen and oxygen atoms in total. The molecular weight excluding hydrogens is 250 g/mol. The van der Waals surface area contributed by atoms with Crippen LogP contribution in [0.3, 0.4) is 0 Å². The van der Waals surface area contributed by atoms with Crippen molar-refractivity contribution in [3.8, 4) is 0 Å². The van der Waals surface area contributed by atoms with Gasteiger partial charge in [-0.1, -0.05) is 0 Å². The first-order valence-corrected chi connectivity index (χ1v) is 6.36. The standard InChI is InChI=1S/C12H13N3O2S/c1-8-2-4-13-6-10(8)11(17)15-12-14-9(3-5-16)7-18-12/h2,4,6-7,16H,3,5H2,1H3,(H,14,15,17). The van der Waals surface area contributed by atoms with Crippen LogP contribution in [0, 0.1) is 6.92 Å². The van der Waals surface area contributed by atoms with Gasteiger partial charge in [-0.2, -0.15) is 0 Å². The number of amides is 1. The molecule has 0 aliphatic heterocycles. The Bertz CT molecular complexity index is 554. The first-order valence-electron chi connectivity index (χ1n) is 5.48. The molecule has 0 unspecified atom stereocenters. The molecule has 94 valence electrons. The molecule has 0 spiro atoms. The molecule has 6 heteroatoms. The lowest BCUT2D eigenvalue weighted by Crippen LogP contribution is -2.13. The lowest BCUT2D eigenvalue weighted by Gasteiger charge is -2.03. The molecule has 2 heterocycles. The van der Waals surface area contributed by atoms with Crippen LogP contribution in [-0.4, -0.2) is 27.6 Å². The van der Waals surface area contributed by atoms with E-state index in [9.17, 15) is 4.79 Å². The van der Waals surface area contributed by atoms with Crippen LogP contribution in [0.2, 0.25) is 0 Å². The van der Waals surface area contributed by atoms with Gasteiger partial charge in [0, 0.05) is 30.8 Å². The molecular formula is C12H13N3O2S. The van der Waals surface area contributed by atoms with Crippen molar-refractivity contribution in [1.29, 1.82) is 0 Å². The molecule has 0 aromatic carbocycles. The fraction of sp³-hybridized carbons (Fsp3) is 0.250. The summed E-state index contributed by atoms with van der Waals surface area (Å²) in [5.41, 5.74) is 2.19. The average Bonchev–Trinajstić information content (AvgIpc) is 2.77. The Kier molecular flexibility index (Phi) is 4.01. The highest BCUT2D eigenvalue weighted by Crippen LogP contribution is 2.17. The summed E-state index contributed by atoms with van der Waals surface area (Å²) in [5, 5.41) is 13.9. The molecule has 0 saturated carbocycles. The third kappa shape index (κ3) is 2.91. The lowest BCUT2D eigenvalue weighted by atomic mass is 10.1. The zero-order valence-electron chi connectivity index (χ0n) is 9.88. The molecule has 2 rings (SSSR count). The van der Waals surface area contributed by atoms with Crippen LogP contribution in [0.1, 0.15) is 21.6 Å². The van der Waals surface area contributed by atoms with Crippen molar-refractivity contribution >= 4 is 22.4 Å². The summed E-state index contributed by atoms with van der Waals surface area (Å²) in [6.45, 7) is 1.91. The predicted octanol–water partition coefficient (Wildman–Crippen LogP) is 1.63. The Morgan fingerprint density at radius 3 is 3.11 bits per heavy atom. The van der Waals surface area contributed by atoms with Gasteiger partial charge < -0.3 is 5.11 Å². The van der Waals surface area contributed by atoms with E-state index in [0.29, 0.717) is 17.1 Å². The van der Waals surface area contributed by atoms with Crippen LogP contribution >= 0.6 is 11.3 Å². The number of hydrogen-bond acceptors (Lipinski definition) is 5. The quantitative estimate of drug-likeness (QED) is 0.879. The Balaban J connectivity index is 2.09. The number of hydrogen-bond donors (Lipinski definition) is 2. The van der Waals surface area contributed by atoms with E-state index >= 15 is 0 Å². The van der Waals surface area contributed by atoms with Crippen LogP contribution in [-0.2, 0) is 6.42 Å². The molecule has 0 fully saturated rings. The number of aliphatic hydroxyl groups is 1. The second kappa shape index (κ2) is 5.70. The summed E-state index contributed by atoms with van der Waals surface area (Å²) in [4.78, 5) is 20.1. The van der Waals surface area contributed by atoms with Crippen LogP contribution in [0.4, 0.5) is 5.13 Å². The van der Waals surface area contributed by atoms with E-state index in [1.54, 1.807) is 12.3 Å². The van der Waals surface area contributed by atoms with E-state index < -0.39 is 0 Å². The maximum Gasteiger partial charge on any atom is 0.259 e. The van der Waals surface area contributed by atoms with E-state index in [4.69, 9.17) is 5.11 Å². The lowest BCUT2D eigenvalue weighted by molar-refractivity contribution is 0.102. The Morgan fingerprint density at radius 1 is 1.56 bits per heavy atom. The van der Waals surface area contributed by atoms with Gasteiger partial charge in [0.2, 0.25) is 0 Å². The normalized spacial score (nSPS) is 10.3. The smallest absolute Gasteiger partial charge is 0.259 e. The van der Waals surface area contributed by atoms with Gasteiger partial charge in [-0.3, -0.25) is 15.1 Å². The predicted molar refractivity (Wildman–Crippen MR) is 69.8 cm³/mol. The van der Waals surface area contributed by atoms with E-state index in [1.807, 2.05) is 12.3 Å². The Hall–Kier alpha value is -1.79. The number of nitrogens with zero attached hydrogens (tertiary/aromatic N) is 2. The SMILES string of the molecule is Cc1ccncc1C(=O)Nc1nc(CCO)cs1. The van der Waals surface area contributed by atoms with Crippen molar-refractivity contribution in [3.63, 3.8) is 0 Å². The number of thiazole rings is 1. The number of aromatic nitrogens is 2. The molecule has 0 bridgehead atoms. The number of rotatable bonds is 4. The van der Waals surface area contributed by atoms with Crippen molar-refractivity contribution in [2.45, 2.75) is 13.3 Å². The van der Waals surface area contributed by atoms with Crippen molar-refractivity contribution in [2.24, 2.45) is 0 Å². The van der Waals surface area contributed by atoms with Crippen LogP contribution < -0.4 is 5.32 Å². The minimum Gasteiger partial charge on any atom is -0.396 e. The highest BCUT2D eigenvalue weighted by atomic mass is 32.1. The number of carbonyl (C=O) groups is 1. The van der Waals surface area contributed by atoms with Crippen molar-refractivity contribution < 1.29 is 9.90 Å². The van der Waals surface area contributed by atoms with E-state index in [0.717, 1.165) is 11.3 Å². The van der Waals surface area contributed by atoms with Crippen LogP contribution in [0.25, 0.3) is 0 Å². The van der Waals surface area contributed by atoms with Gasteiger partial charge in [-0.25, -0.2) is 4.98 Å². The third-order valence-corrected chi connectivity index (χ3v) is 3.23. The molecule has 0 aliphatic carbocycles. The maximum absolute atomic E-state index is 12.0. The molecule has 0 saturated heterocycles. The van der Waals surface area contributed by atoms with E-state index in [-0.39, 0.29) is 12.5 Å². The number of aryl methyl sites for hydroxylation is 1. The first kappa shape index (κ1) is 12.7. The van der Waals surface area contributed by atoms with Gasteiger partial charge in [-0.15, -0.1) is 11.3 Å². The van der Waals surface area contributed by atoms with Gasteiger partial charge in [0.15, 0.2) is 5.13 Å². The molecule has 0 atom stereocenters. The van der Waals surface area contributed by atoms with Crippen molar-refractivity contribution in [2.75, 3.05) is 11.9 Å². The third-order valence-electron chi connectivity index (χ3n) is 2.42. The van der Waals surface area contributed by atoms with Crippen LogP contribution in [0.15, 0.2) is 23.8 Å². The number of pyridine rings is 1. The molecule has 2 N–H and O–H groups in total. The van der Waals surface area contributed by atoms with Gasteiger partial charge in [-0.05, 0) is 18.6 Å². The number of carbonyl (C=O) groups excluding carboxylic acids is 1. The Morgan fingerprint density at radius 2 is 2.39 bits per heavy atom. The van der Waals surface area contributed by atoms with Gasteiger partial charge in [0.1, 0.15) is 0 Å². The monoisotopic (exact) mass is 263 g/mol. The molecule has 1 amide bonds. The topological polar surface area (TPSA) is 75.1 Å². The fourth-order valence-corrected chi connectivity index (χ4v) is 2.20. The second-order valence-electron chi connectivity index (χ2n) is 3.76. The summed E-state index contributed by atoms with van der Waals surface area (Å²) < 4.78 is 0. The molecule has 0 aliphatic rings. The molecule has 2 aromatic rings. The number of anilines is 1. The van der Waals surface area contributed by atoms with Gasteiger partial charge in [0.25, 0.3) is 5.91 Å². The van der Waals surface area contributed by atoms with Crippen molar-refractivity contribution in [1.82, 2.24) is 9.97 Å². The summed E-state index contributed by atoms with van der Waals surface area (Å²) in [6, 6.07) is 1.79. The first-order chi connectivity index (χ1) is 8.70. The summed E-state index contributed by atoms with van der Waals surface area (Å²) in [6.07, 6.45) is 3.68. The highest BCUT2D eigenvalue weighted by Gasteiger charge is 2.11. The van der Waals surface area contributed by atoms with Gasteiger partial charge >= 0.3 is 0 Å². The minimum atomic E-state index is -0.217. The summed E-state index contributed by atoms with van der Waals surface area (Å²) in [7, 11) is 0. The number of nitrogens with one attached hydrogen (secondary N) is 1. The summed E-state index contributed by atoms with van der Waals surface area (Å²) in [5.74, 6) is -0.217. The highest BCUT2D eigenvalue weighted by molar-refractivity contribution is 7.13. The maximum atomic E-state index is 12.0. The zero-order chi connectivity index (χ0) is 13.0. The van der Waals surface area contributed by atoms with Crippen LogP contribution in [0.5, 0.6) is 0 Å². The molecule has 2 aromatic heterocycles. The van der Waals surface area contributed by atoms with E-state index in [2.05, 4.69) is 15.3 Å². The average molecular weight is 263 g/mol. The van der Waals surface area contributed by atoms with E-state index in [1.165, 1.54) is 17.5 Å². The zero-order valence-corrected chi connectivity index (χ0v) is 10.7. The van der Waals surface area contributed by atoms with Crippen molar-refractivity contribution in [3.05, 3.63) is 40.7 Å².